The summed E-state index contributed by atoms with van der Waals surface area (Å²) in [5.41, 5.74) is 25.3. The fourth-order valence-corrected chi connectivity index (χ4v) is 11.6. The predicted octanol–water partition coefficient (Wildman–Crippen LogP) is 8.43. The molecule has 0 spiro atoms. The zero-order chi connectivity index (χ0) is 33.4. The fourth-order valence-electron chi connectivity index (χ4n) is 11.0. The van der Waals surface area contributed by atoms with Crippen LogP contribution < -0.4 is 32.8 Å². The van der Waals surface area contributed by atoms with Crippen molar-refractivity contribution in [1.29, 1.82) is 0 Å². The Morgan fingerprint density at radius 2 is 0.824 bits per heavy atom. The smallest absolute Gasteiger partial charge is 0.0664 e. The minimum Gasteiger partial charge on any atom is -0.0664 e. The van der Waals surface area contributed by atoms with Gasteiger partial charge in [0.25, 0.3) is 0 Å². The van der Waals surface area contributed by atoms with Crippen LogP contribution in [-0.2, 0) is 0 Å². The Morgan fingerprint density at radius 3 is 1.37 bits per heavy atom. The molecular weight excluding hydrogens is 725 g/mol. The second kappa shape index (κ2) is 9.21. The van der Waals surface area contributed by atoms with Gasteiger partial charge in [0, 0.05) is 3.57 Å². The molecular formula is C48H27B2I. The molecule has 4 heterocycles. The summed E-state index contributed by atoms with van der Waals surface area (Å²) in [6.07, 6.45) is 0. The molecule has 0 amide bonds. The van der Waals surface area contributed by atoms with Gasteiger partial charge in [0.2, 0.25) is 13.4 Å². The van der Waals surface area contributed by atoms with Crippen molar-refractivity contribution in [2.24, 2.45) is 0 Å². The normalized spacial score (nSPS) is 13.7. The summed E-state index contributed by atoms with van der Waals surface area (Å²) < 4.78 is 1.31. The van der Waals surface area contributed by atoms with E-state index in [9.17, 15) is 0 Å². The molecule has 51 heavy (non-hydrogen) atoms. The molecule has 0 aliphatic carbocycles. The van der Waals surface area contributed by atoms with Gasteiger partial charge in [-0.2, -0.15) is 0 Å². The largest absolute Gasteiger partial charge is 0.244 e. The van der Waals surface area contributed by atoms with Crippen molar-refractivity contribution in [3.05, 3.63) is 142 Å². The third-order valence-electron chi connectivity index (χ3n) is 12.9. The highest BCUT2D eigenvalue weighted by molar-refractivity contribution is 14.1. The molecule has 0 saturated heterocycles. The molecule has 9 aromatic rings. The van der Waals surface area contributed by atoms with Crippen molar-refractivity contribution in [2.45, 2.75) is 13.8 Å². The Balaban J connectivity index is 1.23. The van der Waals surface area contributed by atoms with Crippen molar-refractivity contribution in [3.8, 4) is 55.6 Å². The molecule has 0 saturated carbocycles. The summed E-state index contributed by atoms with van der Waals surface area (Å²) in [7, 11) is 0. The van der Waals surface area contributed by atoms with E-state index in [0.29, 0.717) is 0 Å². The number of fused-ring (bicyclic) bond motifs is 10. The average molecular weight is 752 g/mol. The lowest BCUT2D eigenvalue weighted by atomic mass is 9.34. The first-order valence-electron chi connectivity index (χ1n) is 18.1. The van der Waals surface area contributed by atoms with Gasteiger partial charge in [0.05, 0.1) is 0 Å². The minimum atomic E-state index is 0.218. The van der Waals surface area contributed by atoms with Crippen LogP contribution in [-0.4, -0.2) is 13.4 Å². The Hall–Kier alpha value is -5.12. The number of hydrogen-bond acceptors (Lipinski definition) is 0. The van der Waals surface area contributed by atoms with E-state index in [-0.39, 0.29) is 13.4 Å². The van der Waals surface area contributed by atoms with Crippen LogP contribution in [0.3, 0.4) is 0 Å². The van der Waals surface area contributed by atoms with Gasteiger partial charge in [-0.25, -0.2) is 0 Å². The second-order valence-corrected chi connectivity index (χ2v) is 16.6. The zero-order valence-corrected chi connectivity index (χ0v) is 30.3. The van der Waals surface area contributed by atoms with Gasteiger partial charge in [-0.15, -0.1) is 0 Å². The van der Waals surface area contributed by atoms with Crippen LogP contribution in [0.5, 0.6) is 0 Å². The van der Waals surface area contributed by atoms with Crippen LogP contribution in [0.15, 0.2) is 127 Å². The van der Waals surface area contributed by atoms with Gasteiger partial charge in [-0.3, -0.25) is 0 Å². The molecule has 0 atom stereocenters. The first-order chi connectivity index (χ1) is 25.0. The highest BCUT2D eigenvalue weighted by Crippen LogP contribution is 2.48. The molecule has 13 rings (SSSR count). The van der Waals surface area contributed by atoms with E-state index in [4.69, 9.17) is 0 Å². The number of benzene rings is 9. The monoisotopic (exact) mass is 752 g/mol. The van der Waals surface area contributed by atoms with Crippen LogP contribution in [0.1, 0.15) is 11.1 Å². The van der Waals surface area contributed by atoms with E-state index in [1.165, 1.54) is 135 Å². The van der Waals surface area contributed by atoms with E-state index < -0.39 is 0 Å². The maximum Gasteiger partial charge on any atom is 0.244 e. The molecule has 0 unspecified atom stereocenters. The van der Waals surface area contributed by atoms with E-state index in [1.807, 2.05) is 0 Å². The molecule has 4 aliphatic heterocycles. The fraction of sp³-hybridized carbons (Fsp3) is 0.0417. The zero-order valence-electron chi connectivity index (χ0n) is 28.2. The molecule has 9 aromatic carbocycles. The molecule has 4 aliphatic rings. The Morgan fingerprint density at radius 1 is 0.373 bits per heavy atom. The lowest BCUT2D eigenvalue weighted by Crippen LogP contribution is -2.53. The van der Waals surface area contributed by atoms with Crippen molar-refractivity contribution >= 4 is 101 Å². The van der Waals surface area contributed by atoms with Gasteiger partial charge >= 0.3 is 0 Å². The van der Waals surface area contributed by atoms with Crippen LogP contribution in [0.4, 0.5) is 0 Å². The predicted molar refractivity (Wildman–Crippen MR) is 229 cm³/mol. The Kier molecular flexibility index (Phi) is 4.98. The van der Waals surface area contributed by atoms with Crippen LogP contribution in [0.2, 0.25) is 0 Å². The number of hydrogen-bond donors (Lipinski definition) is 0. The van der Waals surface area contributed by atoms with Gasteiger partial charge < -0.3 is 0 Å². The molecule has 0 aromatic heterocycles. The van der Waals surface area contributed by atoms with E-state index in [1.54, 1.807) is 0 Å². The SMILES string of the molecule is Cc1cc2c3c(cc4c(C)cc5c6c(cc1c3c46)B1c3ccccc3-c3cc(-c4ccccc4)cc-5c31)B1c3ccccc3-c3cc(I)cc-2c31. The summed E-state index contributed by atoms with van der Waals surface area (Å²) in [5, 5.41) is 8.67. The Bertz CT molecular complexity index is 3120. The molecule has 0 N–H and O–H groups in total. The van der Waals surface area contributed by atoms with E-state index in [0.717, 1.165) is 0 Å². The van der Waals surface area contributed by atoms with Gasteiger partial charge in [-0.1, -0.05) is 136 Å². The van der Waals surface area contributed by atoms with Crippen LogP contribution in [0.25, 0.3) is 88.0 Å². The minimum absolute atomic E-state index is 0.218. The first kappa shape index (κ1) is 27.6. The van der Waals surface area contributed by atoms with Crippen molar-refractivity contribution in [3.63, 3.8) is 0 Å². The molecule has 0 radical (unpaired) electrons. The molecule has 0 fully saturated rings. The lowest BCUT2D eigenvalue weighted by molar-refractivity contribution is 1.52. The number of rotatable bonds is 1. The third kappa shape index (κ3) is 3.19. The molecule has 0 nitrogen and oxygen atoms in total. The number of halogens is 1. The first-order valence-corrected chi connectivity index (χ1v) is 19.2. The van der Waals surface area contributed by atoms with Gasteiger partial charge in [0.15, 0.2) is 0 Å². The topological polar surface area (TPSA) is 0 Å². The number of aryl methyl sites for hydroxylation is 2. The van der Waals surface area contributed by atoms with E-state index >= 15 is 0 Å². The second-order valence-electron chi connectivity index (χ2n) is 15.3. The van der Waals surface area contributed by atoms with E-state index in [2.05, 4.69) is 164 Å². The van der Waals surface area contributed by atoms with Crippen LogP contribution >= 0.6 is 22.6 Å². The highest BCUT2D eigenvalue weighted by Gasteiger charge is 2.44. The maximum atomic E-state index is 2.61. The lowest BCUT2D eigenvalue weighted by Gasteiger charge is -2.32. The summed E-state index contributed by atoms with van der Waals surface area (Å²) in [5.74, 6) is 0. The van der Waals surface area contributed by atoms with Gasteiger partial charge in [0.1, 0.15) is 0 Å². The molecule has 3 heteroatoms. The Labute approximate surface area is 310 Å². The van der Waals surface area contributed by atoms with Crippen molar-refractivity contribution in [2.75, 3.05) is 0 Å². The summed E-state index contributed by atoms with van der Waals surface area (Å²) in [4.78, 5) is 0. The highest BCUT2D eigenvalue weighted by atomic mass is 127. The summed E-state index contributed by atoms with van der Waals surface area (Å²) >= 11 is 2.54. The average Bonchev–Trinajstić information content (AvgIpc) is 3.67. The maximum absolute atomic E-state index is 2.61. The van der Waals surface area contributed by atoms with Crippen molar-refractivity contribution < 1.29 is 0 Å². The van der Waals surface area contributed by atoms with Gasteiger partial charge in [-0.05, 0) is 160 Å². The molecule has 0 bridgehead atoms. The van der Waals surface area contributed by atoms with Crippen LogP contribution in [0, 0.1) is 17.4 Å². The summed E-state index contributed by atoms with van der Waals surface area (Å²) in [6.45, 7) is 5.18. The summed E-state index contributed by atoms with van der Waals surface area (Å²) in [6, 6.07) is 49.4. The quantitative estimate of drug-likeness (QED) is 0.0898. The standard InChI is InChI=1S/C48H27B2I/c1-24-16-33-36-19-27(26-10-4-3-5-11-26)18-35-29-12-6-8-14-39(29)49(47(35)36)41-22-32-25(2)17-34-38-21-28(51)20-37-30-13-7-9-15-40(30)50(48(37)38)42-23-31(24)45(43(33)41)46(32)44(34)42/h3-23H,1-2H3. The third-order valence-corrected chi connectivity index (χ3v) is 13.5. The molecule has 232 valence electrons. The van der Waals surface area contributed by atoms with Crippen molar-refractivity contribution in [1.82, 2.24) is 0 Å².